The van der Waals surface area contributed by atoms with Crippen molar-refractivity contribution in [1.82, 2.24) is 4.57 Å². The number of benzene rings is 1. The Hall–Kier alpha value is -2.47. The lowest BCUT2D eigenvalue weighted by Crippen LogP contribution is -2.22. The van der Waals surface area contributed by atoms with Gasteiger partial charge < -0.3 is 9.30 Å². The Morgan fingerprint density at radius 3 is 2.48 bits per heavy atom. The molecular weight excluding hydrogens is 262 g/mol. The van der Waals surface area contributed by atoms with Crippen LogP contribution in [0.25, 0.3) is 11.3 Å². The molecule has 3 nitrogen and oxygen atoms in total. The van der Waals surface area contributed by atoms with Crippen LogP contribution in [-0.2, 0) is 6.54 Å². The van der Waals surface area contributed by atoms with E-state index in [-0.39, 0.29) is 5.56 Å². The maximum absolute atomic E-state index is 12.2. The maximum atomic E-state index is 12.2. The molecular formula is C18H19NO2. The average molecular weight is 281 g/mol. The maximum Gasteiger partial charge on any atom is 0.253 e. The topological polar surface area (TPSA) is 31.2 Å². The summed E-state index contributed by atoms with van der Waals surface area (Å²) in [6, 6.07) is 11.6. The van der Waals surface area contributed by atoms with E-state index in [4.69, 9.17) is 4.74 Å². The summed E-state index contributed by atoms with van der Waals surface area (Å²) in [6.07, 6.45) is 0. The van der Waals surface area contributed by atoms with Crippen molar-refractivity contribution in [2.45, 2.75) is 27.3 Å². The van der Waals surface area contributed by atoms with Crippen molar-refractivity contribution in [3.05, 3.63) is 52.3 Å². The fraction of sp³-hybridized carbons (Fsp3) is 0.278. The van der Waals surface area contributed by atoms with Gasteiger partial charge in [-0.15, -0.1) is 5.92 Å². The Morgan fingerprint density at radius 2 is 1.86 bits per heavy atom. The molecule has 0 radical (unpaired) electrons. The quantitative estimate of drug-likeness (QED) is 0.806. The van der Waals surface area contributed by atoms with E-state index in [1.807, 2.05) is 50.2 Å². The second kappa shape index (κ2) is 6.81. The Morgan fingerprint density at radius 1 is 1.14 bits per heavy atom. The van der Waals surface area contributed by atoms with E-state index in [0.717, 1.165) is 22.6 Å². The number of aryl methyl sites for hydroxylation is 1. The Bertz CT molecular complexity index is 731. The van der Waals surface area contributed by atoms with Crippen molar-refractivity contribution < 1.29 is 4.74 Å². The molecule has 108 valence electrons. The van der Waals surface area contributed by atoms with Gasteiger partial charge in [-0.25, -0.2) is 0 Å². The molecule has 2 rings (SSSR count). The second-order valence-electron chi connectivity index (χ2n) is 4.69. The van der Waals surface area contributed by atoms with Crippen LogP contribution in [0.15, 0.2) is 41.2 Å². The number of pyridine rings is 1. The molecule has 1 heterocycles. The molecule has 0 amide bonds. The zero-order chi connectivity index (χ0) is 15.2. The standard InChI is InChI=1S/C18H19NO2/c1-4-6-13-21-16-10-8-15(9-11-16)17-12-7-14(3)18(20)19(17)5-2/h7-12H,5,13H2,1-3H3. The van der Waals surface area contributed by atoms with Gasteiger partial charge in [-0.1, -0.05) is 12.0 Å². The minimum Gasteiger partial charge on any atom is -0.481 e. The van der Waals surface area contributed by atoms with Crippen LogP contribution in [0.5, 0.6) is 5.75 Å². The van der Waals surface area contributed by atoms with Crippen molar-refractivity contribution in [2.75, 3.05) is 6.61 Å². The first-order chi connectivity index (χ1) is 10.2. The number of hydrogen-bond acceptors (Lipinski definition) is 2. The van der Waals surface area contributed by atoms with E-state index in [1.54, 1.807) is 11.5 Å². The summed E-state index contributed by atoms with van der Waals surface area (Å²) in [6.45, 7) is 6.64. The molecule has 0 bridgehead atoms. The fourth-order valence-electron chi connectivity index (χ4n) is 2.17. The molecule has 0 atom stereocenters. The van der Waals surface area contributed by atoms with Gasteiger partial charge in [0.25, 0.3) is 5.56 Å². The third kappa shape index (κ3) is 3.35. The third-order valence-electron chi connectivity index (χ3n) is 3.32. The number of ether oxygens (including phenoxy) is 1. The van der Waals surface area contributed by atoms with E-state index >= 15 is 0 Å². The normalized spacial score (nSPS) is 9.86. The second-order valence-corrected chi connectivity index (χ2v) is 4.69. The predicted molar refractivity (Wildman–Crippen MR) is 85.5 cm³/mol. The van der Waals surface area contributed by atoms with Crippen LogP contribution in [-0.4, -0.2) is 11.2 Å². The summed E-state index contributed by atoms with van der Waals surface area (Å²) in [5.41, 5.74) is 2.75. The molecule has 0 saturated carbocycles. The summed E-state index contributed by atoms with van der Waals surface area (Å²) in [4.78, 5) is 12.2. The molecule has 0 aliphatic heterocycles. The van der Waals surface area contributed by atoms with E-state index in [9.17, 15) is 4.79 Å². The van der Waals surface area contributed by atoms with Crippen molar-refractivity contribution in [1.29, 1.82) is 0 Å². The lowest BCUT2D eigenvalue weighted by Gasteiger charge is -2.12. The minimum atomic E-state index is 0.0635. The number of rotatable bonds is 4. The smallest absolute Gasteiger partial charge is 0.253 e. The Kier molecular flexibility index (Phi) is 4.84. The predicted octanol–water partition coefficient (Wildman–Crippen LogP) is 3.25. The number of aromatic nitrogens is 1. The van der Waals surface area contributed by atoms with Crippen LogP contribution < -0.4 is 10.3 Å². The van der Waals surface area contributed by atoms with Gasteiger partial charge >= 0.3 is 0 Å². The first-order valence-electron chi connectivity index (χ1n) is 7.00. The minimum absolute atomic E-state index is 0.0635. The number of hydrogen-bond donors (Lipinski definition) is 0. The van der Waals surface area contributed by atoms with E-state index in [2.05, 4.69) is 11.8 Å². The number of nitrogens with zero attached hydrogens (tertiary/aromatic N) is 1. The average Bonchev–Trinajstić information content (AvgIpc) is 2.51. The van der Waals surface area contributed by atoms with Crippen LogP contribution in [0, 0.1) is 18.8 Å². The van der Waals surface area contributed by atoms with E-state index in [0.29, 0.717) is 13.2 Å². The van der Waals surface area contributed by atoms with Crippen molar-refractivity contribution in [3.63, 3.8) is 0 Å². The highest BCUT2D eigenvalue weighted by molar-refractivity contribution is 5.61. The van der Waals surface area contributed by atoms with E-state index in [1.165, 1.54) is 0 Å². The molecule has 1 aromatic carbocycles. The summed E-state index contributed by atoms with van der Waals surface area (Å²) < 4.78 is 7.28. The van der Waals surface area contributed by atoms with Crippen molar-refractivity contribution in [3.8, 4) is 28.8 Å². The molecule has 2 aromatic rings. The molecule has 0 spiro atoms. The van der Waals surface area contributed by atoms with Gasteiger partial charge in [-0.3, -0.25) is 4.79 Å². The molecule has 0 aliphatic carbocycles. The summed E-state index contributed by atoms with van der Waals surface area (Å²) in [5.74, 6) is 6.42. The lowest BCUT2D eigenvalue weighted by atomic mass is 10.1. The third-order valence-corrected chi connectivity index (χ3v) is 3.32. The first-order valence-corrected chi connectivity index (χ1v) is 7.00. The fourth-order valence-corrected chi connectivity index (χ4v) is 2.17. The van der Waals surface area contributed by atoms with Gasteiger partial charge in [0.05, 0.1) is 5.69 Å². The molecule has 0 unspecified atom stereocenters. The molecule has 0 fully saturated rings. The highest BCUT2D eigenvalue weighted by atomic mass is 16.5. The van der Waals surface area contributed by atoms with Crippen molar-refractivity contribution >= 4 is 0 Å². The van der Waals surface area contributed by atoms with Gasteiger partial charge in [0.2, 0.25) is 0 Å². The van der Waals surface area contributed by atoms with Gasteiger partial charge in [0, 0.05) is 12.1 Å². The van der Waals surface area contributed by atoms with Crippen LogP contribution in [0.4, 0.5) is 0 Å². The first kappa shape index (κ1) is 14.9. The molecule has 0 aliphatic rings. The van der Waals surface area contributed by atoms with Crippen LogP contribution in [0.1, 0.15) is 19.4 Å². The van der Waals surface area contributed by atoms with Crippen LogP contribution in [0.3, 0.4) is 0 Å². The van der Waals surface area contributed by atoms with E-state index < -0.39 is 0 Å². The van der Waals surface area contributed by atoms with Crippen LogP contribution in [0.2, 0.25) is 0 Å². The highest BCUT2D eigenvalue weighted by Crippen LogP contribution is 2.21. The van der Waals surface area contributed by atoms with Gasteiger partial charge in [0.15, 0.2) is 0 Å². The lowest BCUT2D eigenvalue weighted by molar-refractivity contribution is 0.370. The molecule has 0 saturated heterocycles. The Labute approximate surface area is 125 Å². The van der Waals surface area contributed by atoms with Gasteiger partial charge in [-0.05, 0) is 56.7 Å². The summed E-state index contributed by atoms with van der Waals surface area (Å²) in [7, 11) is 0. The largest absolute Gasteiger partial charge is 0.481 e. The molecule has 21 heavy (non-hydrogen) atoms. The monoisotopic (exact) mass is 281 g/mol. The molecule has 0 N–H and O–H groups in total. The van der Waals surface area contributed by atoms with Crippen molar-refractivity contribution in [2.24, 2.45) is 0 Å². The molecule has 3 heteroatoms. The Balaban J connectivity index is 2.32. The van der Waals surface area contributed by atoms with Gasteiger partial charge in [-0.2, -0.15) is 0 Å². The summed E-state index contributed by atoms with van der Waals surface area (Å²) in [5, 5.41) is 0. The zero-order valence-electron chi connectivity index (χ0n) is 12.6. The molecule has 1 aromatic heterocycles. The summed E-state index contributed by atoms with van der Waals surface area (Å²) >= 11 is 0. The highest BCUT2D eigenvalue weighted by Gasteiger charge is 2.07. The zero-order valence-corrected chi connectivity index (χ0v) is 12.6. The SMILES string of the molecule is CC#CCOc1ccc(-c2ccc(C)c(=O)n2CC)cc1. The van der Waals surface area contributed by atoms with Crippen LogP contribution >= 0.6 is 0 Å². The van der Waals surface area contributed by atoms with Gasteiger partial charge in [0.1, 0.15) is 12.4 Å².